The topological polar surface area (TPSA) is 32.3 Å². The number of hydrogen-bond donors (Lipinski definition) is 2. The van der Waals surface area contributed by atoms with Crippen molar-refractivity contribution in [3.05, 3.63) is 0 Å². The summed E-state index contributed by atoms with van der Waals surface area (Å²) in [7, 11) is 0. The van der Waals surface area contributed by atoms with E-state index < -0.39 is 0 Å². The fourth-order valence-corrected chi connectivity index (χ4v) is 2.52. The van der Waals surface area contributed by atoms with Crippen LogP contribution >= 0.6 is 11.8 Å². The first kappa shape index (κ1) is 15.3. The molecule has 0 spiro atoms. The second-order valence-corrected chi connectivity index (χ2v) is 5.54. The summed E-state index contributed by atoms with van der Waals surface area (Å²) in [5.41, 5.74) is -0.0653. The largest absolute Gasteiger partial charge is 0.394 e. The molecule has 0 aromatic carbocycles. The minimum atomic E-state index is -0.0653. The summed E-state index contributed by atoms with van der Waals surface area (Å²) in [6, 6.07) is 0. The molecule has 0 aliphatic carbocycles. The molecule has 0 bridgehead atoms. The van der Waals surface area contributed by atoms with E-state index in [0.717, 1.165) is 13.0 Å². The third kappa shape index (κ3) is 8.12. The summed E-state index contributed by atoms with van der Waals surface area (Å²) in [6.45, 7) is 7.59. The van der Waals surface area contributed by atoms with Crippen molar-refractivity contribution < 1.29 is 5.11 Å². The Bertz CT molecular complexity index is 144. The Morgan fingerprint density at radius 2 is 1.93 bits per heavy atom. The van der Waals surface area contributed by atoms with Crippen molar-refractivity contribution in [1.82, 2.24) is 5.32 Å². The fourth-order valence-electron chi connectivity index (χ4n) is 1.62. The quantitative estimate of drug-likeness (QED) is 0.569. The van der Waals surface area contributed by atoms with E-state index in [0.29, 0.717) is 0 Å². The van der Waals surface area contributed by atoms with E-state index in [9.17, 15) is 5.11 Å². The molecular formula is C12H27NOS. The van der Waals surface area contributed by atoms with E-state index in [-0.39, 0.29) is 12.1 Å². The highest BCUT2D eigenvalue weighted by Crippen LogP contribution is 2.15. The van der Waals surface area contributed by atoms with Crippen LogP contribution in [0.5, 0.6) is 0 Å². The first-order valence-corrected chi connectivity index (χ1v) is 7.27. The Kier molecular flexibility index (Phi) is 9.66. The lowest BCUT2D eigenvalue weighted by Crippen LogP contribution is -2.45. The molecule has 0 fully saturated rings. The molecule has 2 nitrogen and oxygen atoms in total. The van der Waals surface area contributed by atoms with Crippen LogP contribution in [0.4, 0.5) is 0 Å². The zero-order valence-corrected chi connectivity index (χ0v) is 11.3. The number of unbranched alkanes of at least 4 members (excludes halogenated alkanes) is 1. The molecule has 0 aliphatic rings. The molecule has 1 atom stereocenters. The molecule has 0 saturated carbocycles. The summed E-state index contributed by atoms with van der Waals surface area (Å²) in [5.74, 6) is 2.55. The Morgan fingerprint density at radius 1 is 1.20 bits per heavy atom. The number of aliphatic hydroxyl groups excluding tert-OH is 1. The summed E-state index contributed by atoms with van der Waals surface area (Å²) >= 11 is 2.04. The summed E-state index contributed by atoms with van der Waals surface area (Å²) in [4.78, 5) is 0. The predicted molar refractivity (Wildman–Crippen MR) is 70.6 cm³/mol. The van der Waals surface area contributed by atoms with Gasteiger partial charge < -0.3 is 10.4 Å². The fraction of sp³-hybridized carbons (Fsp3) is 1.00. The van der Waals surface area contributed by atoms with Gasteiger partial charge in [-0.1, -0.05) is 20.3 Å². The maximum Gasteiger partial charge on any atom is 0.0610 e. The van der Waals surface area contributed by atoms with E-state index in [1.54, 1.807) is 0 Å². The van der Waals surface area contributed by atoms with Gasteiger partial charge in [0, 0.05) is 5.54 Å². The van der Waals surface area contributed by atoms with Crippen molar-refractivity contribution in [3.8, 4) is 0 Å². The monoisotopic (exact) mass is 233 g/mol. The van der Waals surface area contributed by atoms with Gasteiger partial charge in [-0.3, -0.25) is 0 Å². The SMILES string of the molecule is CCCSCCCCC(C)(CO)NCC. The van der Waals surface area contributed by atoms with Crippen molar-refractivity contribution in [2.45, 2.75) is 52.0 Å². The van der Waals surface area contributed by atoms with Crippen LogP contribution in [0.2, 0.25) is 0 Å². The average Bonchev–Trinajstić information content (AvgIpc) is 2.24. The highest BCUT2D eigenvalue weighted by molar-refractivity contribution is 7.99. The lowest BCUT2D eigenvalue weighted by atomic mass is 9.96. The molecule has 0 heterocycles. The summed E-state index contributed by atoms with van der Waals surface area (Å²) < 4.78 is 0. The van der Waals surface area contributed by atoms with Crippen molar-refractivity contribution >= 4 is 11.8 Å². The van der Waals surface area contributed by atoms with Crippen LogP contribution in [0.25, 0.3) is 0 Å². The smallest absolute Gasteiger partial charge is 0.0610 e. The lowest BCUT2D eigenvalue weighted by molar-refractivity contribution is 0.165. The van der Waals surface area contributed by atoms with Crippen molar-refractivity contribution in [3.63, 3.8) is 0 Å². The van der Waals surface area contributed by atoms with Gasteiger partial charge >= 0.3 is 0 Å². The zero-order valence-electron chi connectivity index (χ0n) is 10.5. The van der Waals surface area contributed by atoms with Crippen molar-refractivity contribution in [2.24, 2.45) is 0 Å². The standard InChI is InChI=1S/C12H27NOS/c1-4-9-15-10-7-6-8-12(3,11-14)13-5-2/h13-14H,4-11H2,1-3H3. The maximum atomic E-state index is 9.29. The van der Waals surface area contributed by atoms with Gasteiger partial charge in [0.2, 0.25) is 0 Å². The molecule has 0 aromatic rings. The van der Waals surface area contributed by atoms with Gasteiger partial charge in [-0.05, 0) is 44.2 Å². The summed E-state index contributed by atoms with van der Waals surface area (Å²) in [6.07, 6.45) is 4.83. The van der Waals surface area contributed by atoms with E-state index in [4.69, 9.17) is 0 Å². The lowest BCUT2D eigenvalue weighted by Gasteiger charge is -2.28. The second kappa shape index (κ2) is 9.49. The maximum absolute atomic E-state index is 9.29. The van der Waals surface area contributed by atoms with Crippen LogP contribution < -0.4 is 5.32 Å². The van der Waals surface area contributed by atoms with Gasteiger partial charge in [-0.2, -0.15) is 11.8 Å². The van der Waals surface area contributed by atoms with Gasteiger partial charge in [0.25, 0.3) is 0 Å². The Balaban J connectivity index is 3.46. The van der Waals surface area contributed by atoms with Crippen LogP contribution in [0.1, 0.15) is 46.5 Å². The number of nitrogens with one attached hydrogen (secondary N) is 1. The minimum Gasteiger partial charge on any atom is -0.394 e. The van der Waals surface area contributed by atoms with Crippen molar-refractivity contribution in [2.75, 3.05) is 24.7 Å². The molecule has 0 aliphatic heterocycles. The normalized spacial score (nSPS) is 15.2. The number of thioether (sulfide) groups is 1. The molecule has 15 heavy (non-hydrogen) atoms. The third-order valence-electron chi connectivity index (χ3n) is 2.57. The number of likely N-dealkylation sites (N-methyl/N-ethyl adjacent to an activating group) is 1. The van der Waals surface area contributed by atoms with E-state index in [1.165, 1.54) is 30.8 Å². The van der Waals surface area contributed by atoms with Crippen LogP contribution in [-0.2, 0) is 0 Å². The molecule has 1 unspecified atom stereocenters. The first-order chi connectivity index (χ1) is 7.18. The highest BCUT2D eigenvalue weighted by atomic mass is 32.2. The average molecular weight is 233 g/mol. The number of rotatable bonds is 10. The molecule has 0 rings (SSSR count). The van der Waals surface area contributed by atoms with Crippen LogP contribution in [-0.4, -0.2) is 35.3 Å². The molecule has 3 heteroatoms. The number of aliphatic hydroxyl groups is 1. The molecule has 92 valence electrons. The van der Waals surface area contributed by atoms with Crippen molar-refractivity contribution in [1.29, 1.82) is 0 Å². The number of hydrogen-bond acceptors (Lipinski definition) is 3. The molecular weight excluding hydrogens is 206 g/mol. The van der Waals surface area contributed by atoms with E-state index >= 15 is 0 Å². The van der Waals surface area contributed by atoms with Gasteiger partial charge in [0.15, 0.2) is 0 Å². The third-order valence-corrected chi connectivity index (χ3v) is 3.84. The van der Waals surface area contributed by atoms with Gasteiger partial charge in [0.1, 0.15) is 0 Å². The van der Waals surface area contributed by atoms with Gasteiger partial charge in [0.05, 0.1) is 6.61 Å². The zero-order chi connectivity index (χ0) is 11.6. The Labute approximate surface area is 99.2 Å². The van der Waals surface area contributed by atoms with Crippen LogP contribution in [0.3, 0.4) is 0 Å². The van der Waals surface area contributed by atoms with Gasteiger partial charge in [-0.25, -0.2) is 0 Å². The van der Waals surface area contributed by atoms with E-state index in [1.807, 2.05) is 11.8 Å². The summed E-state index contributed by atoms with van der Waals surface area (Å²) in [5, 5.41) is 12.6. The van der Waals surface area contributed by atoms with Crippen LogP contribution in [0.15, 0.2) is 0 Å². The predicted octanol–water partition coefficient (Wildman–Crippen LogP) is 2.66. The van der Waals surface area contributed by atoms with Crippen LogP contribution in [0, 0.1) is 0 Å². The second-order valence-electron chi connectivity index (χ2n) is 4.32. The molecule has 2 N–H and O–H groups in total. The van der Waals surface area contributed by atoms with Gasteiger partial charge in [-0.15, -0.1) is 0 Å². The van der Waals surface area contributed by atoms with E-state index in [2.05, 4.69) is 26.1 Å². The highest BCUT2D eigenvalue weighted by Gasteiger charge is 2.20. The molecule has 0 radical (unpaired) electrons. The minimum absolute atomic E-state index is 0.0653. The molecule has 0 saturated heterocycles. The molecule has 0 aromatic heterocycles. The Morgan fingerprint density at radius 3 is 2.47 bits per heavy atom. The first-order valence-electron chi connectivity index (χ1n) is 6.12. The Hall–Kier alpha value is 0.270. The molecule has 0 amide bonds.